The van der Waals surface area contributed by atoms with Gasteiger partial charge in [-0.3, -0.25) is 4.79 Å². The molecule has 0 aliphatic rings. The molecule has 0 atom stereocenters. The maximum atomic E-state index is 12.5. The van der Waals surface area contributed by atoms with E-state index in [1.165, 1.54) is 6.26 Å². The average molecular weight is 337 g/mol. The van der Waals surface area contributed by atoms with Gasteiger partial charge in [0, 0.05) is 5.69 Å². The minimum Gasteiger partial charge on any atom is -0.497 e. The number of methoxy groups -OCH3 is 1. The van der Waals surface area contributed by atoms with Gasteiger partial charge in [-0.25, -0.2) is 0 Å². The maximum absolute atomic E-state index is 12.5. The van der Waals surface area contributed by atoms with Gasteiger partial charge >= 0.3 is 0 Å². The van der Waals surface area contributed by atoms with E-state index in [2.05, 4.69) is 15.8 Å². The Morgan fingerprint density at radius 3 is 2.52 bits per heavy atom. The Hall–Kier alpha value is -3.28. The van der Waals surface area contributed by atoms with Gasteiger partial charge in [0.15, 0.2) is 0 Å². The zero-order chi connectivity index (χ0) is 17.6. The van der Waals surface area contributed by atoms with E-state index >= 15 is 0 Å². The first-order valence-corrected chi connectivity index (χ1v) is 7.96. The second-order valence-electron chi connectivity index (χ2n) is 5.38. The molecule has 3 aromatic rings. The summed E-state index contributed by atoms with van der Waals surface area (Å²) in [7, 11) is 1.63. The van der Waals surface area contributed by atoms with Crippen molar-refractivity contribution in [3.05, 3.63) is 66.1 Å². The molecular formula is C19H19N3O3. The van der Waals surface area contributed by atoms with Crippen LogP contribution in [0.15, 0.2) is 59.3 Å². The van der Waals surface area contributed by atoms with Crippen molar-refractivity contribution in [2.24, 2.45) is 0 Å². The predicted molar refractivity (Wildman–Crippen MR) is 96.6 cm³/mol. The van der Waals surface area contributed by atoms with Crippen LogP contribution in [0.3, 0.4) is 0 Å². The third-order valence-electron chi connectivity index (χ3n) is 3.77. The molecule has 128 valence electrons. The molecule has 0 radical (unpaired) electrons. The first-order chi connectivity index (χ1) is 12.2. The third kappa shape index (κ3) is 3.80. The first-order valence-electron chi connectivity index (χ1n) is 7.96. The van der Waals surface area contributed by atoms with Crippen LogP contribution in [0.5, 0.6) is 5.75 Å². The van der Waals surface area contributed by atoms with E-state index in [0.29, 0.717) is 23.4 Å². The molecule has 1 heterocycles. The average Bonchev–Trinajstić information content (AvgIpc) is 3.13. The number of aromatic nitrogens is 1. The van der Waals surface area contributed by atoms with Gasteiger partial charge in [0.25, 0.3) is 5.91 Å². The predicted octanol–water partition coefficient (Wildman–Crippen LogP) is 4.24. The number of benzene rings is 2. The number of hydrogen-bond donors (Lipinski definition) is 2. The van der Waals surface area contributed by atoms with E-state index in [1.807, 2.05) is 55.5 Å². The summed E-state index contributed by atoms with van der Waals surface area (Å²) in [4.78, 5) is 12.5. The molecule has 0 saturated heterocycles. The number of anilines is 3. The van der Waals surface area contributed by atoms with Crippen molar-refractivity contribution >= 4 is 23.0 Å². The fraction of sp³-hybridized carbons (Fsp3) is 0.158. The highest BCUT2D eigenvalue weighted by Gasteiger charge is 2.16. The normalized spacial score (nSPS) is 10.3. The lowest BCUT2D eigenvalue weighted by Gasteiger charge is -2.13. The number of nitrogens with one attached hydrogen (secondary N) is 2. The summed E-state index contributed by atoms with van der Waals surface area (Å²) in [5.74, 6) is 0.536. The highest BCUT2D eigenvalue weighted by atomic mass is 16.5. The van der Waals surface area contributed by atoms with E-state index in [0.717, 1.165) is 17.1 Å². The van der Waals surface area contributed by atoms with Gasteiger partial charge in [-0.2, -0.15) is 0 Å². The Bertz CT molecular complexity index is 856. The Balaban J connectivity index is 1.79. The summed E-state index contributed by atoms with van der Waals surface area (Å²) in [6, 6.07) is 15.1. The Kier molecular flexibility index (Phi) is 4.99. The van der Waals surface area contributed by atoms with Crippen LogP contribution in [0.2, 0.25) is 0 Å². The van der Waals surface area contributed by atoms with Crippen molar-refractivity contribution in [2.45, 2.75) is 13.3 Å². The van der Waals surface area contributed by atoms with E-state index in [9.17, 15) is 4.79 Å². The molecule has 25 heavy (non-hydrogen) atoms. The lowest BCUT2D eigenvalue weighted by atomic mass is 10.2. The van der Waals surface area contributed by atoms with Crippen LogP contribution in [0.25, 0.3) is 0 Å². The van der Waals surface area contributed by atoms with Gasteiger partial charge < -0.3 is 19.9 Å². The number of carbonyl (C=O) groups excluding carboxylic acids is 1. The number of para-hydroxylation sites is 2. The summed E-state index contributed by atoms with van der Waals surface area (Å²) in [5, 5.41) is 10.0. The van der Waals surface area contributed by atoms with Gasteiger partial charge in [-0.05, 0) is 42.8 Å². The Morgan fingerprint density at radius 1 is 1.12 bits per heavy atom. The second kappa shape index (κ2) is 7.53. The van der Waals surface area contributed by atoms with Crippen molar-refractivity contribution in [1.82, 2.24) is 5.16 Å². The molecule has 0 fully saturated rings. The van der Waals surface area contributed by atoms with Crippen molar-refractivity contribution < 1.29 is 14.1 Å². The van der Waals surface area contributed by atoms with Crippen LogP contribution in [0.4, 0.5) is 17.1 Å². The van der Waals surface area contributed by atoms with Gasteiger partial charge in [0.1, 0.15) is 17.6 Å². The molecule has 2 N–H and O–H groups in total. The quantitative estimate of drug-likeness (QED) is 0.703. The zero-order valence-corrected chi connectivity index (χ0v) is 14.1. The minimum atomic E-state index is -0.248. The molecular weight excluding hydrogens is 318 g/mol. The molecule has 1 aromatic heterocycles. The highest BCUT2D eigenvalue weighted by Crippen LogP contribution is 2.27. The van der Waals surface area contributed by atoms with Crippen LogP contribution in [-0.2, 0) is 6.42 Å². The van der Waals surface area contributed by atoms with Crippen molar-refractivity contribution in [1.29, 1.82) is 0 Å². The number of hydrogen-bond acceptors (Lipinski definition) is 5. The van der Waals surface area contributed by atoms with Crippen molar-refractivity contribution in [3.63, 3.8) is 0 Å². The standard InChI is InChI=1S/C19H19N3O3/c1-3-16-15(12-25-22-16)19(23)21-18-7-5-4-6-17(18)20-13-8-10-14(24-2)11-9-13/h4-12,20H,3H2,1-2H3,(H,21,23). The summed E-state index contributed by atoms with van der Waals surface area (Å²) < 4.78 is 10.1. The fourth-order valence-corrected chi connectivity index (χ4v) is 2.42. The first kappa shape index (κ1) is 16.6. The van der Waals surface area contributed by atoms with Crippen LogP contribution in [-0.4, -0.2) is 18.2 Å². The summed E-state index contributed by atoms with van der Waals surface area (Å²) in [6.07, 6.45) is 2.00. The van der Waals surface area contributed by atoms with Gasteiger partial charge in [-0.1, -0.05) is 24.2 Å². The summed E-state index contributed by atoms with van der Waals surface area (Å²) in [5.41, 5.74) is 3.43. The second-order valence-corrected chi connectivity index (χ2v) is 5.38. The highest BCUT2D eigenvalue weighted by molar-refractivity contribution is 6.06. The summed E-state index contributed by atoms with van der Waals surface area (Å²) >= 11 is 0. The topological polar surface area (TPSA) is 76.4 Å². The lowest BCUT2D eigenvalue weighted by molar-refractivity contribution is 0.102. The molecule has 0 spiro atoms. The van der Waals surface area contributed by atoms with Crippen molar-refractivity contribution in [2.75, 3.05) is 17.7 Å². The van der Waals surface area contributed by atoms with Crippen LogP contribution in [0.1, 0.15) is 23.0 Å². The fourth-order valence-electron chi connectivity index (χ4n) is 2.42. The third-order valence-corrected chi connectivity index (χ3v) is 3.77. The van der Waals surface area contributed by atoms with Crippen molar-refractivity contribution in [3.8, 4) is 5.75 Å². The number of amides is 1. The van der Waals surface area contributed by atoms with Gasteiger partial charge in [-0.15, -0.1) is 0 Å². The molecule has 6 nitrogen and oxygen atoms in total. The van der Waals surface area contributed by atoms with Crippen LogP contribution >= 0.6 is 0 Å². The number of ether oxygens (including phenoxy) is 1. The van der Waals surface area contributed by atoms with Crippen LogP contribution in [0, 0.1) is 0 Å². The molecule has 1 amide bonds. The number of rotatable bonds is 6. The number of nitrogens with zero attached hydrogens (tertiary/aromatic N) is 1. The Labute approximate surface area is 145 Å². The monoisotopic (exact) mass is 337 g/mol. The van der Waals surface area contributed by atoms with E-state index < -0.39 is 0 Å². The number of aryl methyl sites for hydroxylation is 1. The minimum absolute atomic E-state index is 0.248. The smallest absolute Gasteiger partial charge is 0.260 e. The molecule has 0 unspecified atom stereocenters. The zero-order valence-electron chi connectivity index (χ0n) is 14.1. The molecule has 3 rings (SSSR count). The molecule has 6 heteroatoms. The number of carbonyl (C=O) groups is 1. The van der Waals surface area contributed by atoms with E-state index in [4.69, 9.17) is 9.26 Å². The Morgan fingerprint density at radius 2 is 1.84 bits per heavy atom. The van der Waals surface area contributed by atoms with Crippen LogP contribution < -0.4 is 15.4 Å². The molecule has 0 bridgehead atoms. The summed E-state index contributed by atoms with van der Waals surface area (Å²) in [6.45, 7) is 1.92. The molecule has 0 saturated carbocycles. The maximum Gasteiger partial charge on any atom is 0.260 e. The molecule has 0 aliphatic carbocycles. The van der Waals surface area contributed by atoms with Gasteiger partial charge in [0.05, 0.1) is 24.2 Å². The lowest BCUT2D eigenvalue weighted by Crippen LogP contribution is -2.14. The largest absolute Gasteiger partial charge is 0.497 e. The van der Waals surface area contributed by atoms with E-state index in [-0.39, 0.29) is 5.91 Å². The SMILES string of the molecule is CCc1nocc1C(=O)Nc1ccccc1Nc1ccc(OC)cc1. The molecule has 2 aromatic carbocycles. The van der Waals surface area contributed by atoms with E-state index in [1.54, 1.807) is 7.11 Å². The van der Waals surface area contributed by atoms with Gasteiger partial charge in [0.2, 0.25) is 0 Å². The molecule has 0 aliphatic heterocycles.